The van der Waals surface area contributed by atoms with Crippen LogP contribution in [-0.4, -0.2) is 60.7 Å². The summed E-state index contributed by atoms with van der Waals surface area (Å²) in [5.74, 6) is -0.130. The van der Waals surface area contributed by atoms with E-state index in [2.05, 4.69) is 4.98 Å². The smallest absolute Gasteiger partial charge is 0.270 e. The highest BCUT2D eigenvalue weighted by atomic mass is 32.2. The predicted octanol–water partition coefficient (Wildman–Crippen LogP) is 0.363. The second-order valence-corrected chi connectivity index (χ2v) is 7.95. The molecular formula is C14H22N4O3S. The Hall–Kier alpha value is -1.38. The van der Waals surface area contributed by atoms with Gasteiger partial charge < -0.3 is 15.6 Å². The molecule has 2 fully saturated rings. The molecule has 0 bridgehead atoms. The molecule has 0 aromatic carbocycles. The molecular weight excluding hydrogens is 304 g/mol. The first-order chi connectivity index (χ1) is 10.5. The number of piperidine rings is 1. The number of nitrogens with zero attached hydrogens (tertiary/aromatic N) is 2. The third kappa shape index (κ3) is 2.90. The SMILES string of the molecule is NC1CCCN(S(=O)(=O)c2c[nH]c(C(=O)N3CCCC3)c2)C1. The largest absolute Gasteiger partial charge is 0.356 e. The topological polar surface area (TPSA) is 99.5 Å². The van der Waals surface area contributed by atoms with Crippen molar-refractivity contribution in [2.24, 2.45) is 5.73 Å². The van der Waals surface area contributed by atoms with E-state index in [1.165, 1.54) is 16.6 Å². The van der Waals surface area contributed by atoms with Crippen LogP contribution >= 0.6 is 0 Å². The van der Waals surface area contributed by atoms with Crippen LogP contribution in [-0.2, 0) is 10.0 Å². The number of hydrogen-bond donors (Lipinski definition) is 2. The second-order valence-electron chi connectivity index (χ2n) is 6.01. The molecule has 3 heterocycles. The summed E-state index contributed by atoms with van der Waals surface area (Å²) in [7, 11) is -3.58. The maximum absolute atomic E-state index is 12.6. The molecule has 3 N–H and O–H groups in total. The fourth-order valence-electron chi connectivity index (χ4n) is 3.08. The van der Waals surface area contributed by atoms with E-state index in [9.17, 15) is 13.2 Å². The molecule has 1 aromatic heterocycles. The van der Waals surface area contributed by atoms with Crippen molar-refractivity contribution in [2.45, 2.75) is 36.6 Å². The minimum absolute atomic E-state index is 0.117. The lowest BCUT2D eigenvalue weighted by Crippen LogP contribution is -2.45. The van der Waals surface area contributed by atoms with Crippen molar-refractivity contribution in [2.75, 3.05) is 26.2 Å². The zero-order valence-corrected chi connectivity index (χ0v) is 13.3. The van der Waals surface area contributed by atoms with Crippen molar-refractivity contribution in [3.8, 4) is 0 Å². The number of aromatic nitrogens is 1. The molecule has 2 saturated heterocycles. The number of aromatic amines is 1. The number of likely N-dealkylation sites (tertiary alicyclic amines) is 1. The van der Waals surface area contributed by atoms with Crippen LogP contribution in [0, 0.1) is 0 Å². The molecule has 8 heteroatoms. The normalized spacial score (nSPS) is 23.9. The van der Waals surface area contributed by atoms with Gasteiger partial charge in [0.1, 0.15) is 10.6 Å². The lowest BCUT2D eigenvalue weighted by molar-refractivity contribution is 0.0787. The highest BCUT2D eigenvalue weighted by Gasteiger charge is 2.30. The van der Waals surface area contributed by atoms with Gasteiger partial charge in [-0.05, 0) is 31.7 Å². The third-order valence-corrected chi connectivity index (χ3v) is 6.18. The number of nitrogens with two attached hydrogens (primary N) is 1. The van der Waals surface area contributed by atoms with Gasteiger partial charge in [0, 0.05) is 38.4 Å². The van der Waals surface area contributed by atoms with E-state index in [-0.39, 0.29) is 16.8 Å². The van der Waals surface area contributed by atoms with Gasteiger partial charge in [-0.25, -0.2) is 8.42 Å². The van der Waals surface area contributed by atoms with Gasteiger partial charge >= 0.3 is 0 Å². The van der Waals surface area contributed by atoms with E-state index in [1.54, 1.807) is 4.90 Å². The Bertz CT molecular complexity index is 649. The average molecular weight is 326 g/mol. The molecule has 1 atom stereocenters. The number of carbonyl (C=O) groups is 1. The first-order valence-electron chi connectivity index (χ1n) is 7.72. The summed E-state index contributed by atoms with van der Waals surface area (Å²) in [5, 5.41) is 0. The molecule has 1 unspecified atom stereocenters. The number of H-pyrrole nitrogens is 1. The Morgan fingerprint density at radius 1 is 1.23 bits per heavy atom. The van der Waals surface area contributed by atoms with Crippen LogP contribution in [0.2, 0.25) is 0 Å². The van der Waals surface area contributed by atoms with Crippen LogP contribution in [0.3, 0.4) is 0 Å². The lowest BCUT2D eigenvalue weighted by atomic mass is 10.1. The van der Waals surface area contributed by atoms with E-state index in [1.807, 2.05) is 0 Å². The summed E-state index contributed by atoms with van der Waals surface area (Å²) < 4.78 is 26.6. The maximum atomic E-state index is 12.6. The number of sulfonamides is 1. The second kappa shape index (κ2) is 6.02. The maximum Gasteiger partial charge on any atom is 0.270 e. The van der Waals surface area contributed by atoms with Crippen LogP contribution in [0.25, 0.3) is 0 Å². The molecule has 3 rings (SSSR count). The highest BCUT2D eigenvalue weighted by molar-refractivity contribution is 7.89. The van der Waals surface area contributed by atoms with Crippen molar-refractivity contribution >= 4 is 15.9 Å². The fraction of sp³-hybridized carbons (Fsp3) is 0.643. The Labute approximate surface area is 130 Å². The van der Waals surface area contributed by atoms with E-state index < -0.39 is 10.0 Å². The van der Waals surface area contributed by atoms with Crippen molar-refractivity contribution in [3.63, 3.8) is 0 Å². The zero-order chi connectivity index (χ0) is 15.7. The van der Waals surface area contributed by atoms with Gasteiger partial charge in [-0.1, -0.05) is 0 Å². The molecule has 0 radical (unpaired) electrons. The third-order valence-electron chi connectivity index (χ3n) is 4.34. The van der Waals surface area contributed by atoms with E-state index in [0.717, 1.165) is 38.8 Å². The molecule has 0 spiro atoms. The quantitative estimate of drug-likeness (QED) is 0.838. The summed E-state index contributed by atoms with van der Waals surface area (Å²) in [6.45, 7) is 2.29. The van der Waals surface area contributed by atoms with Crippen LogP contribution in [0.1, 0.15) is 36.2 Å². The Morgan fingerprint density at radius 2 is 1.95 bits per heavy atom. The molecule has 0 aliphatic carbocycles. The number of nitrogens with one attached hydrogen (secondary N) is 1. The summed E-state index contributed by atoms with van der Waals surface area (Å²) in [4.78, 5) is 17.0. The lowest BCUT2D eigenvalue weighted by Gasteiger charge is -2.29. The summed E-state index contributed by atoms with van der Waals surface area (Å²) in [6.07, 6.45) is 5.02. The molecule has 2 aliphatic heterocycles. The first-order valence-corrected chi connectivity index (χ1v) is 9.16. The standard InChI is InChI=1S/C14H22N4O3S/c15-11-4-3-7-18(10-11)22(20,21)12-8-13(16-9-12)14(19)17-5-1-2-6-17/h8-9,11,16H,1-7,10,15H2. The Balaban J connectivity index is 1.78. The van der Waals surface area contributed by atoms with Gasteiger partial charge in [0.15, 0.2) is 0 Å². The van der Waals surface area contributed by atoms with Gasteiger partial charge in [0.25, 0.3) is 5.91 Å². The number of rotatable bonds is 3. The molecule has 1 aromatic rings. The van der Waals surface area contributed by atoms with E-state index >= 15 is 0 Å². The number of hydrogen-bond acceptors (Lipinski definition) is 4. The molecule has 0 saturated carbocycles. The summed E-state index contributed by atoms with van der Waals surface area (Å²) >= 11 is 0. The van der Waals surface area contributed by atoms with Gasteiger partial charge in [-0.15, -0.1) is 0 Å². The van der Waals surface area contributed by atoms with Gasteiger partial charge in [-0.3, -0.25) is 4.79 Å². The average Bonchev–Trinajstić information content (AvgIpc) is 3.18. The van der Waals surface area contributed by atoms with Crippen LogP contribution < -0.4 is 5.73 Å². The minimum atomic E-state index is -3.58. The van der Waals surface area contributed by atoms with Crippen molar-refractivity contribution < 1.29 is 13.2 Å². The van der Waals surface area contributed by atoms with Crippen molar-refractivity contribution in [1.82, 2.24) is 14.2 Å². The van der Waals surface area contributed by atoms with Crippen molar-refractivity contribution in [3.05, 3.63) is 18.0 Å². The van der Waals surface area contributed by atoms with Crippen LogP contribution in [0.15, 0.2) is 17.2 Å². The van der Waals surface area contributed by atoms with E-state index in [4.69, 9.17) is 5.73 Å². The number of amides is 1. The van der Waals surface area contributed by atoms with Gasteiger partial charge in [-0.2, -0.15) is 4.31 Å². The summed E-state index contributed by atoms with van der Waals surface area (Å²) in [5.41, 5.74) is 6.20. The van der Waals surface area contributed by atoms with Gasteiger partial charge in [0.2, 0.25) is 10.0 Å². The number of carbonyl (C=O) groups excluding carboxylic acids is 1. The molecule has 2 aliphatic rings. The zero-order valence-electron chi connectivity index (χ0n) is 12.5. The Kier molecular flexibility index (Phi) is 4.24. The van der Waals surface area contributed by atoms with Crippen LogP contribution in [0.5, 0.6) is 0 Å². The monoisotopic (exact) mass is 326 g/mol. The molecule has 1 amide bonds. The van der Waals surface area contributed by atoms with Crippen LogP contribution in [0.4, 0.5) is 0 Å². The fourth-order valence-corrected chi connectivity index (χ4v) is 4.61. The molecule has 122 valence electrons. The van der Waals surface area contributed by atoms with Gasteiger partial charge in [0.05, 0.1) is 0 Å². The summed E-state index contributed by atoms with van der Waals surface area (Å²) in [6, 6.07) is 1.32. The minimum Gasteiger partial charge on any atom is -0.356 e. The first kappa shape index (κ1) is 15.5. The van der Waals surface area contributed by atoms with E-state index in [0.29, 0.717) is 18.8 Å². The molecule has 7 nitrogen and oxygen atoms in total. The molecule has 22 heavy (non-hydrogen) atoms. The van der Waals surface area contributed by atoms with Crippen molar-refractivity contribution in [1.29, 1.82) is 0 Å². The Morgan fingerprint density at radius 3 is 2.64 bits per heavy atom. The predicted molar refractivity (Wildman–Crippen MR) is 81.9 cm³/mol. The highest BCUT2D eigenvalue weighted by Crippen LogP contribution is 2.22.